The molecule has 1 aliphatic carbocycles. The number of carbonyl (C=O) groups excluding carboxylic acids is 2. The maximum atomic E-state index is 12.2. The second kappa shape index (κ2) is 7.48. The number of benzene rings is 2. The number of nitrogens with one attached hydrogen (secondary N) is 2. The summed E-state index contributed by atoms with van der Waals surface area (Å²) >= 11 is 6.02. The molecular formula is C20H21ClN2O3. The fraction of sp³-hybridized carbons (Fsp3) is 0.300. The van der Waals surface area contributed by atoms with Gasteiger partial charge in [0.25, 0.3) is 0 Å². The van der Waals surface area contributed by atoms with E-state index in [1.807, 2.05) is 37.3 Å². The zero-order chi connectivity index (χ0) is 18.7. The van der Waals surface area contributed by atoms with Crippen LogP contribution >= 0.6 is 11.6 Å². The first kappa shape index (κ1) is 18.4. The number of hydrogen-bond donors (Lipinski definition) is 3. The van der Waals surface area contributed by atoms with Crippen LogP contribution in [0.3, 0.4) is 0 Å². The molecule has 0 bridgehead atoms. The first-order valence-corrected chi connectivity index (χ1v) is 8.91. The number of aliphatic hydroxyl groups is 1. The summed E-state index contributed by atoms with van der Waals surface area (Å²) in [5, 5.41) is 16.6. The van der Waals surface area contributed by atoms with E-state index in [0.717, 1.165) is 24.0 Å². The molecule has 1 unspecified atom stereocenters. The van der Waals surface area contributed by atoms with Gasteiger partial charge in [0.15, 0.2) is 0 Å². The summed E-state index contributed by atoms with van der Waals surface area (Å²) in [4.78, 5) is 24.3. The average Bonchev–Trinajstić information content (AvgIpc) is 3.49. The predicted molar refractivity (Wildman–Crippen MR) is 101 cm³/mol. The standard InChI is InChI=1S/C20H21ClN2O3/c1-13-7-10-16(11-17(13)21)23-19(25)18(24)22-12-20(26,15-8-9-15)14-5-3-2-4-6-14/h2-7,10-11,15,26H,8-9,12H2,1H3,(H,22,24)(H,23,25). The highest BCUT2D eigenvalue weighted by Gasteiger charge is 2.45. The van der Waals surface area contributed by atoms with Crippen molar-refractivity contribution in [3.63, 3.8) is 0 Å². The molecule has 0 radical (unpaired) electrons. The van der Waals surface area contributed by atoms with E-state index in [4.69, 9.17) is 11.6 Å². The predicted octanol–water partition coefficient (Wildman–Crippen LogP) is 3.00. The summed E-state index contributed by atoms with van der Waals surface area (Å²) < 4.78 is 0. The highest BCUT2D eigenvalue weighted by molar-refractivity contribution is 6.39. The molecule has 0 saturated heterocycles. The van der Waals surface area contributed by atoms with Gasteiger partial charge in [-0.1, -0.05) is 48.0 Å². The van der Waals surface area contributed by atoms with E-state index in [9.17, 15) is 14.7 Å². The van der Waals surface area contributed by atoms with Crippen molar-refractivity contribution in [3.8, 4) is 0 Å². The minimum atomic E-state index is -1.16. The van der Waals surface area contributed by atoms with Crippen molar-refractivity contribution >= 4 is 29.1 Å². The van der Waals surface area contributed by atoms with E-state index < -0.39 is 17.4 Å². The molecule has 5 nitrogen and oxygen atoms in total. The third-order valence-electron chi connectivity index (χ3n) is 4.68. The van der Waals surface area contributed by atoms with Gasteiger partial charge in [0.05, 0.1) is 6.54 Å². The smallest absolute Gasteiger partial charge is 0.313 e. The number of halogens is 1. The first-order valence-electron chi connectivity index (χ1n) is 8.53. The lowest BCUT2D eigenvalue weighted by Gasteiger charge is -2.29. The van der Waals surface area contributed by atoms with Crippen LogP contribution in [0.4, 0.5) is 5.69 Å². The Morgan fingerprint density at radius 1 is 1.15 bits per heavy atom. The zero-order valence-electron chi connectivity index (χ0n) is 14.5. The molecule has 1 aliphatic rings. The van der Waals surface area contributed by atoms with Gasteiger partial charge in [0, 0.05) is 10.7 Å². The van der Waals surface area contributed by atoms with Crippen LogP contribution in [0.15, 0.2) is 48.5 Å². The molecule has 26 heavy (non-hydrogen) atoms. The Balaban J connectivity index is 1.63. The second-order valence-electron chi connectivity index (χ2n) is 6.67. The fourth-order valence-corrected chi connectivity index (χ4v) is 3.10. The summed E-state index contributed by atoms with van der Waals surface area (Å²) in [7, 11) is 0. The van der Waals surface area contributed by atoms with Crippen LogP contribution in [0.5, 0.6) is 0 Å². The summed E-state index contributed by atoms with van der Waals surface area (Å²) in [6.07, 6.45) is 1.80. The van der Waals surface area contributed by atoms with Crippen LogP contribution in [0, 0.1) is 12.8 Å². The second-order valence-corrected chi connectivity index (χ2v) is 7.07. The van der Waals surface area contributed by atoms with E-state index in [1.54, 1.807) is 18.2 Å². The molecule has 3 rings (SSSR count). The van der Waals surface area contributed by atoms with Gasteiger partial charge in [-0.25, -0.2) is 0 Å². The van der Waals surface area contributed by atoms with Crippen molar-refractivity contribution in [2.45, 2.75) is 25.4 Å². The van der Waals surface area contributed by atoms with E-state index >= 15 is 0 Å². The van der Waals surface area contributed by atoms with Crippen LogP contribution in [0.1, 0.15) is 24.0 Å². The van der Waals surface area contributed by atoms with Crippen molar-refractivity contribution in [1.29, 1.82) is 0 Å². The van der Waals surface area contributed by atoms with Gasteiger partial charge in [-0.3, -0.25) is 9.59 Å². The topological polar surface area (TPSA) is 78.4 Å². The van der Waals surface area contributed by atoms with Gasteiger partial charge in [0.1, 0.15) is 5.60 Å². The summed E-state index contributed by atoms with van der Waals surface area (Å²) in [6, 6.07) is 14.3. The molecular weight excluding hydrogens is 352 g/mol. The molecule has 2 aromatic rings. The lowest BCUT2D eigenvalue weighted by molar-refractivity contribution is -0.137. The molecule has 0 spiro atoms. The Labute approximate surface area is 157 Å². The maximum absolute atomic E-state index is 12.2. The first-order chi connectivity index (χ1) is 12.4. The SMILES string of the molecule is Cc1ccc(NC(=O)C(=O)NCC(O)(c2ccccc2)C2CC2)cc1Cl. The molecule has 2 aromatic carbocycles. The van der Waals surface area contributed by atoms with Gasteiger partial charge in [-0.15, -0.1) is 0 Å². The number of carbonyl (C=O) groups is 2. The van der Waals surface area contributed by atoms with Gasteiger partial charge in [0.2, 0.25) is 0 Å². The number of anilines is 1. The highest BCUT2D eigenvalue weighted by atomic mass is 35.5. The average molecular weight is 373 g/mol. The van der Waals surface area contributed by atoms with Crippen LogP contribution in [-0.4, -0.2) is 23.5 Å². The molecule has 2 amide bonds. The zero-order valence-corrected chi connectivity index (χ0v) is 15.2. The molecule has 1 fully saturated rings. The van der Waals surface area contributed by atoms with Crippen molar-refractivity contribution in [1.82, 2.24) is 5.32 Å². The Morgan fingerprint density at radius 3 is 2.46 bits per heavy atom. The number of aryl methyl sites for hydroxylation is 1. The molecule has 3 N–H and O–H groups in total. The van der Waals surface area contributed by atoms with Gasteiger partial charge < -0.3 is 15.7 Å². The van der Waals surface area contributed by atoms with E-state index in [-0.39, 0.29) is 12.5 Å². The lowest BCUT2D eigenvalue weighted by atomic mass is 9.88. The molecule has 0 heterocycles. The molecule has 1 atom stereocenters. The van der Waals surface area contributed by atoms with Crippen molar-refractivity contribution in [3.05, 3.63) is 64.7 Å². The monoisotopic (exact) mass is 372 g/mol. The van der Waals surface area contributed by atoms with Crippen molar-refractivity contribution < 1.29 is 14.7 Å². The molecule has 1 saturated carbocycles. The van der Waals surface area contributed by atoms with Crippen LogP contribution in [0.2, 0.25) is 5.02 Å². The minimum absolute atomic E-state index is 0.0113. The number of hydrogen-bond acceptors (Lipinski definition) is 3. The fourth-order valence-electron chi connectivity index (χ4n) is 2.92. The summed E-state index contributed by atoms with van der Waals surface area (Å²) in [5.41, 5.74) is 0.908. The lowest BCUT2D eigenvalue weighted by Crippen LogP contribution is -2.45. The van der Waals surface area contributed by atoms with Crippen LogP contribution in [0.25, 0.3) is 0 Å². The van der Waals surface area contributed by atoms with Crippen molar-refractivity contribution in [2.24, 2.45) is 5.92 Å². The minimum Gasteiger partial charge on any atom is -0.383 e. The largest absolute Gasteiger partial charge is 0.383 e. The third kappa shape index (κ3) is 4.06. The summed E-state index contributed by atoms with van der Waals surface area (Å²) in [6.45, 7) is 1.84. The molecule has 0 aromatic heterocycles. The number of rotatable bonds is 5. The quantitative estimate of drug-likeness (QED) is 0.706. The van der Waals surface area contributed by atoms with Crippen LogP contribution < -0.4 is 10.6 Å². The Kier molecular flexibility index (Phi) is 5.30. The van der Waals surface area contributed by atoms with E-state index in [2.05, 4.69) is 10.6 Å². The Hall–Kier alpha value is -2.37. The van der Waals surface area contributed by atoms with Gasteiger partial charge in [-0.2, -0.15) is 0 Å². The van der Waals surface area contributed by atoms with Crippen LogP contribution in [-0.2, 0) is 15.2 Å². The van der Waals surface area contributed by atoms with Gasteiger partial charge in [-0.05, 0) is 48.9 Å². The maximum Gasteiger partial charge on any atom is 0.313 e. The molecule has 0 aliphatic heterocycles. The Bertz CT molecular complexity index is 821. The Morgan fingerprint density at radius 2 is 1.85 bits per heavy atom. The van der Waals surface area contributed by atoms with Crippen molar-refractivity contribution in [2.75, 3.05) is 11.9 Å². The van der Waals surface area contributed by atoms with Gasteiger partial charge >= 0.3 is 11.8 Å². The third-order valence-corrected chi connectivity index (χ3v) is 5.09. The van der Waals surface area contributed by atoms with E-state index in [0.29, 0.717) is 10.7 Å². The molecule has 136 valence electrons. The summed E-state index contributed by atoms with van der Waals surface area (Å²) in [5.74, 6) is -1.50. The van der Waals surface area contributed by atoms with E-state index in [1.165, 1.54) is 0 Å². The number of amides is 2. The highest BCUT2D eigenvalue weighted by Crippen LogP contribution is 2.45. The molecule has 6 heteroatoms. The normalized spacial score (nSPS) is 15.8.